The van der Waals surface area contributed by atoms with Gasteiger partial charge >= 0.3 is 0 Å². The zero-order chi connectivity index (χ0) is 58.1. The van der Waals surface area contributed by atoms with Crippen molar-refractivity contribution in [3.8, 4) is 0 Å². The molecule has 0 saturated heterocycles. The molecule has 0 spiro atoms. The molecule has 0 bridgehead atoms. The van der Waals surface area contributed by atoms with Crippen LogP contribution in [0.3, 0.4) is 0 Å². The summed E-state index contributed by atoms with van der Waals surface area (Å²) in [6.45, 7) is 11.9. The summed E-state index contributed by atoms with van der Waals surface area (Å²) in [5.74, 6) is 0. The van der Waals surface area contributed by atoms with Crippen LogP contribution in [-0.4, -0.2) is 30.0 Å². The highest BCUT2D eigenvalue weighted by molar-refractivity contribution is 7.87. The van der Waals surface area contributed by atoms with Gasteiger partial charge in [0, 0.05) is 0 Å². The van der Waals surface area contributed by atoms with Gasteiger partial charge in [0.25, 0.3) is 20.2 Å². The lowest BCUT2D eigenvalue weighted by Crippen LogP contribution is -2.12. The third-order valence-corrected chi connectivity index (χ3v) is 19.4. The second-order valence-corrected chi connectivity index (χ2v) is 27.4. The first-order valence-electron chi connectivity index (χ1n) is 35.2. The molecule has 0 heterocycles. The predicted molar refractivity (Wildman–Crippen MR) is 349 cm³/mol. The second-order valence-electron chi connectivity index (χ2n) is 24.2. The zero-order valence-corrected chi connectivity index (χ0v) is 55.3. The van der Waals surface area contributed by atoms with Crippen LogP contribution in [-0.2, 0) is 47.9 Å². The maximum atomic E-state index is 13.5. The first kappa shape index (κ1) is 76.3. The Balaban J connectivity index is 0.000000837. The molecule has 0 saturated carbocycles. The predicted octanol–water partition coefficient (Wildman–Crippen LogP) is 24.0. The Morgan fingerprint density at radius 3 is 0.825 bits per heavy atom. The van der Waals surface area contributed by atoms with Gasteiger partial charge in [-0.15, -0.1) is 0 Å². The molecule has 468 valence electrons. The van der Waals surface area contributed by atoms with Gasteiger partial charge in [-0.3, -0.25) is 8.37 Å². The molecule has 0 fully saturated rings. The van der Waals surface area contributed by atoms with E-state index in [1.54, 1.807) is 12.1 Å². The number of unbranched alkanes of at least 4 members (excludes halogenated alkanes) is 45. The Morgan fingerprint density at radius 1 is 0.250 bits per heavy atom. The summed E-state index contributed by atoms with van der Waals surface area (Å²) in [5.41, 5.74) is 3.19. The maximum Gasteiger partial charge on any atom is 0.297 e. The normalized spacial score (nSPS) is 11.9. The number of hydrogen-bond donors (Lipinski definition) is 0. The molecule has 80 heavy (non-hydrogen) atoms. The third kappa shape index (κ3) is 43.8. The summed E-state index contributed by atoms with van der Waals surface area (Å²) in [4.78, 5) is 0.818. The fourth-order valence-corrected chi connectivity index (χ4v) is 13.8. The van der Waals surface area contributed by atoms with Crippen LogP contribution in [0.1, 0.15) is 372 Å². The van der Waals surface area contributed by atoms with Crippen LogP contribution in [0.15, 0.2) is 52.3 Å². The van der Waals surface area contributed by atoms with Gasteiger partial charge in [-0.2, -0.15) is 16.8 Å². The number of rotatable bonds is 59. The van der Waals surface area contributed by atoms with Crippen LogP contribution in [0, 0.1) is 0 Å². The van der Waals surface area contributed by atoms with Crippen molar-refractivity contribution in [3.63, 3.8) is 0 Å². The van der Waals surface area contributed by atoms with Crippen molar-refractivity contribution in [2.45, 2.75) is 385 Å². The maximum absolute atomic E-state index is 13.5. The van der Waals surface area contributed by atoms with Crippen LogP contribution < -0.4 is 0 Å². The van der Waals surface area contributed by atoms with E-state index in [0.717, 1.165) is 75.3 Å². The largest absolute Gasteiger partial charge is 0.297 e. The highest BCUT2D eigenvalue weighted by atomic mass is 32.2. The Kier molecular flexibility index (Phi) is 53.8. The lowest BCUT2D eigenvalue weighted by atomic mass is 9.96. The Hall–Kier alpha value is -1.74. The van der Waals surface area contributed by atoms with Crippen molar-refractivity contribution in [1.29, 1.82) is 0 Å². The number of aryl methyl sites for hydroxylation is 2. The molecule has 0 atom stereocenters. The van der Waals surface area contributed by atoms with Crippen molar-refractivity contribution in [1.82, 2.24) is 0 Å². The van der Waals surface area contributed by atoms with E-state index in [4.69, 9.17) is 8.37 Å². The first-order chi connectivity index (χ1) is 39.2. The van der Waals surface area contributed by atoms with Gasteiger partial charge in [0.1, 0.15) is 0 Å². The van der Waals surface area contributed by atoms with E-state index in [1.165, 1.54) is 282 Å². The quantitative estimate of drug-likeness (QED) is 0.0484. The lowest BCUT2D eigenvalue weighted by Gasteiger charge is -2.16. The second kappa shape index (κ2) is 56.4. The third-order valence-electron chi connectivity index (χ3n) is 16.6. The van der Waals surface area contributed by atoms with Crippen LogP contribution >= 0.6 is 0 Å². The molecular formula is C72H132O6S2. The lowest BCUT2D eigenvalue weighted by molar-refractivity contribution is 0.305. The van der Waals surface area contributed by atoms with Crippen molar-refractivity contribution in [2.75, 3.05) is 13.2 Å². The average Bonchev–Trinajstić information content (AvgIpc) is 3.45. The smallest absolute Gasteiger partial charge is 0.266 e. The van der Waals surface area contributed by atoms with Crippen molar-refractivity contribution < 1.29 is 25.2 Å². The fraction of sp³-hybridized carbons (Fsp3) is 0.833. The standard InChI is InChI=1S/C42H78O3S.C30H54O3S/c1-4-7-10-13-16-19-22-25-28-31-35-40-36-34-38-42(41(40)37-32-29-26-23-20-17-14-11-8-5-2)46(43,44)45-39-33-30-27-24-21-18-15-12-9-6-3;1-3-5-7-9-11-13-15-17-19-21-25-29-26-22-23-27-30(29)34(31,32)33-28-24-20-18-16-14-12-10-8-6-4-2/h34,36,38H,4-33,35,37,39H2,1-3H3;22-23,26-27H,3-21,24-25,28H2,1-2H3. The number of benzene rings is 2. The molecule has 0 amide bonds. The van der Waals surface area contributed by atoms with Gasteiger partial charge in [0.2, 0.25) is 0 Å². The monoisotopic (exact) mass is 1160 g/mol. The summed E-state index contributed by atoms with van der Waals surface area (Å²) in [6.07, 6.45) is 66.3. The van der Waals surface area contributed by atoms with E-state index in [1.807, 2.05) is 24.3 Å². The van der Waals surface area contributed by atoms with Gasteiger partial charge in [-0.25, -0.2) is 0 Å². The Bertz CT molecular complexity index is 1840. The molecule has 8 heteroatoms. The molecule has 0 unspecified atom stereocenters. The van der Waals surface area contributed by atoms with Crippen molar-refractivity contribution >= 4 is 20.2 Å². The SMILES string of the molecule is CCCCCCCCCCCCOS(=O)(=O)c1cccc(CCCCCCCCCCCC)c1CCCCCCCCCCCC.CCCCCCCCCCCCOS(=O)(=O)c1ccccc1CCCCCCCCCCCC. The summed E-state index contributed by atoms with van der Waals surface area (Å²) in [5, 5.41) is 0. The molecule has 0 N–H and O–H groups in total. The Morgan fingerprint density at radius 2 is 0.487 bits per heavy atom. The van der Waals surface area contributed by atoms with E-state index >= 15 is 0 Å². The van der Waals surface area contributed by atoms with Gasteiger partial charge in [-0.1, -0.05) is 354 Å². The van der Waals surface area contributed by atoms with Crippen LogP contribution in [0.25, 0.3) is 0 Å². The van der Waals surface area contributed by atoms with Gasteiger partial charge in [0.05, 0.1) is 23.0 Å². The fourth-order valence-electron chi connectivity index (χ4n) is 11.4. The molecule has 0 aliphatic rings. The molecule has 0 aromatic heterocycles. The molecule has 6 nitrogen and oxygen atoms in total. The molecular weight excluding hydrogens is 1020 g/mol. The Labute approximate surface area is 499 Å². The molecule has 0 aliphatic heterocycles. The van der Waals surface area contributed by atoms with Crippen molar-refractivity contribution in [3.05, 3.63) is 59.2 Å². The minimum absolute atomic E-state index is 0.297. The minimum atomic E-state index is -3.74. The van der Waals surface area contributed by atoms with Crippen molar-refractivity contribution in [2.24, 2.45) is 0 Å². The van der Waals surface area contributed by atoms with E-state index in [9.17, 15) is 16.8 Å². The summed E-state index contributed by atoms with van der Waals surface area (Å²) < 4.78 is 63.5. The zero-order valence-electron chi connectivity index (χ0n) is 53.7. The molecule has 2 rings (SSSR count). The van der Waals surface area contributed by atoms with E-state index in [-0.39, 0.29) is 0 Å². The van der Waals surface area contributed by atoms with E-state index in [0.29, 0.717) is 23.0 Å². The van der Waals surface area contributed by atoms with E-state index < -0.39 is 20.2 Å². The minimum Gasteiger partial charge on any atom is -0.266 e. The highest BCUT2D eigenvalue weighted by Crippen LogP contribution is 2.28. The van der Waals surface area contributed by atoms with Gasteiger partial charge in [0.15, 0.2) is 0 Å². The summed E-state index contributed by atoms with van der Waals surface area (Å²) in [7, 11) is -7.40. The highest BCUT2D eigenvalue weighted by Gasteiger charge is 2.22. The number of hydrogen-bond acceptors (Lipinski definition) is 6. The topological polar surface area (TPSA) is 86.7 Å². The molecule has 2 aromatic carbocycles. The van der Waals surface area contributed by atoms with Gasteiger partial charge < -0.3 is 0 Å². The molecule has 0 aliphatic carbocycles. The van der Waals surface area contributed by atoms with E-state index in [2.05, 4.69) is 40.7 Å². The summed E-state index contributed by atoms with van der Waals surface area (Å²) >= 11 is 0. The summed E-state index contributed by atoms with van der Waals surface area (Å²) in [6, 6.07) is 13.3. The average molecular weight is 1160 g/mol. The van der Waals surface area contributed by atoms with Crippen LogP contribution in [0.5, 0.6) is 0 Å². The van der Waals surface area contributed by atoms with Crippen LogP contribution in [0.2, 0.25) is 0 Å². The molecule has 2 aromatic rings. The first-order valence-corrected chi connectivity index (χ1v) is 38.0. The van der Waals surface area contributed by atoms with Crippen LogP contribution in [0.4, 0.5) is 0 Å². The van der Waals surface area contributed by atoms with Gasteiger partial charge in [-0.05, 0) is 80.2 Å². The molecule has 0 radical (unpaired) electrons.